The number of allylic oxidation sites excluding steroid dienone is 1. The van der Waals surface area contributed by atoms with E-state index in [0.29, 0.717) is 5.92 Å². The second-order valence-electron chi connectivity index (χ2n) is 6.35. The molecule has 3 heteroatoms. The number of ether oxygens (including phenoxy) is 2. The number of hydrogen-bond donors (Lipinski definition) is 1. The van der Waals surface area contributed by atoms with Crippen LogP contribution in [0.2, 0.25) is 0 Å². The van der Waals surface area contributed by atoms with Gasteiger partial charge in [-0.25, -0.2) is 0 Å². The van der Waals surface area contributed by atoms with Gasteiger partial charge in [0, 0.05) is 17.7 Å². The minimum atomic E-state index is 0.104. The van der Waals surface area contributed by atoms with Gasteiger partial charge in [0.1, 0.15) is 11.5 Å². The summed E-state index contributed by atoms with van der Waals surface area (Å²) in [7, 11) is 3.36. The molecule has 20 heavy (non-hydrogen) atoms. The second kappa shape index (κ2) is 5.04. The Labute approximate surface area is 122 Å². The van der Waals surface area contributed by atoms with Crippen molar-refractivity contribution in [3.05, 3.63) is 30.0 Å². The van der Waals surface area contributed by atoms with Crippen molar-refractivity contribution in [3.63, 3.8) is 0 Å². The van der Waals surface area contributed by atoms with Crippen LogP contribution in [0.25, 0.3) is 0 Å². The molecule has 1 unspecified atom stereocenters. The van der Waals surface area contributed by atoms with E-state index in [2.05, 4.69) is 45.7 Å². The van der Waals surface area contributed by atoms with Gasteiger partial charge in [0.2, 0.25) is 0 Å². The van der Waals surface area contributed by atoms with Crippen LogP contribution in [0.5, 0.6) is 11.5 Å². The van der Waals surface area contributed by atoms with Crippen LogP contribution in [0, 0.1) is 11.3 Å². The molecular formula is C17H25NO2. The zero-order chi connectivity index (χ0) is 15.1. The molecule has 3 nitrogen and oxygen atoms in total. The van der Waals surface area contributed by atoms with E-state index in [-0.39, 0.29) is 11.3 Å². The fourth-order valence-corrected chi connectivity index (χ4v) is 2.85. The number of fused-ring (bicyclic) bond motifs is 1. The van der Waals surface area contributed by atoms with Crippen LogP contribution in [0.3, 0.4) is 0 Å². The maximum Gasteiger partial charge on any atom is 0.146 e. The highest BCUT2D eigenvalue weighted by Crippen LogP contribution is 2.54. The molecule has 1 N–H and O–H groups in total. The van der Waals surface area contributed by atoms with E-state index in [0.717, 1.165) is 22.9 Å². The predicted molar refractivity (Wildman–Crippen MR) is 83.7 cm³/mol. The number of benzene rings is 1. The number of methoxy groups -OCH3 is 2. The molecule has 0 saturated carbocycles. The molecule has 1 aliphatic rings. The first kappa shape index (κ1) is 14.8. The first-order chi connectivity index (χ1) is 9.32. The molecule has 0 aliphatic carbocycles. The van der Waals surface area contributed by atoms with Gasteiger partial charge >= 0.3 is 0 Å². The van der Waals surface area contributed by atoms with Gasteiger partial charge in [-0.3, -0.25) is 0 Å². The zero-order valence-corrected chi connectivity index (χ0v) is 13.3. The van der Waals surface area contributed by atoms with Crippen molar-refractivity contribution in [1.29, 1.82) is 0 Å². The maximum atomic E-state index is 5.49. The van der Waals surface area contributed by atoms with Gasteiger partial charge in [-0.2, -0.15) is 0 Å². The van der Waals surface area contributed by atoms with Gasteiger partial charge in [-0.15, -0.1) is 0 Å². The molecule has 0 radical (unpaired) electrons. The van der Waals surface area contributed by atoms with Crippen LogP contribution in [-0.4, -0.2) is 14.2 Å². The molecule has 0 saturated heterocycles. The summed E-state index contributed by atoms with van der Waals surface area (Å²) in [5.41, 5.74) is 3.37. The summed E-state index contributed by atoms with van der Waals surface area (Å²) >= 11 is 0. The molecule has 1 aliphatic heterocycles. The maximum absolute atomic E-state index is 5.49. The summed E-state index contributed by atoms with van der Waals surface area (Å²) in [6.07, 6.45) is 0. The van der Waals surface area contributed by atoms with Crippen LogP contribution in [0.1, 0.15) is 39.2 Å². The third-order valence-corrected chi connectivity index (χ3v) is 4.74. The highest BCUT2D eigenvalue weighted by molar-refractivity contribution is 5.74. The summed E-state index contributed by atoms with van der Waals surface area (Å²) in [5, 5.41) is 3.40. The molecule has 0 amide bonds. The smallest absolute Gasteiger partial charge is 0.146 e. The Morgan fingerprint density at radius 3 is 2.35 bits per heavy atom. The second-order valence-corrected chi connectivity index (χ2v) is 6.35. The van der Waals surface area contributed by atoms with Gasteiger partial charge in [0.15, 0.2) is 0 Å². The van der Waals surface area contributed by atoms with E-state index < -0.39 is 0 Å². The molecule has 0 aromatic heterocycles. The van der Waals surface area contributed by atoms with E-state index in [1.54, 1.807) is 14.2 Å². The molecule has 1 heterocycles. The lowest BCUT2D eigenvalue weighted by Crippen LogP contribution is -2.28. The molecule has 0 fully saturated rings. The van der Waals surface area contributed by atoms with Gasteiger partial charge in [-0.05, 0) is 23.0 Å². The minimum absolute atomic E-state index is 0.104. The Morgan fingerprint density at radius 1 is 1.20 bits per heavy atom. The Hall–Kier alpha value is -1.64. The monoisotopic (exact) mass is 275 g/mol. The average Bonchev–Trinajstić information content (AvgIpc) is 2.73. The predicted octanol–water partition coefficient (Wildman–Crippen LogP) is 4.41. The number of rotatable bonds is 4. The van der Waals surface area contributed by atoms with Crippen molar-refractivity contribution in [3.8, 4) is 11.5 Å². The molecule has 1 aromatic rings. The zero-order valence-electron chi connectivity index (χ0n) is 13.3. The Kier molecular flexibility index (Phi) is 3.72. The van der Waals surface area contributed by atoms with Crippen molar-refractivity contribution in [2.24, 2.45) is 11.3 Å². The van der Waals surface area contributed by atoms with Crippen LogP contribution in [-0.2, 0) is 0 Å². The van der Waals surface area contributed by atoms with Gasteiger partial charge in [0.25, 0.3) is 0 Å². The van der Waals surface area contributed by atoms with Crippen molar-refractivity contribution in [1.82, 2.24) is 0 Å². The molecule has 0 bridgehead atoms. The normalized spacial score (nSPS) is 17.9. The molecule has 1 aromatic carbocycles. The Balaban J connectivity index is 2.60. The highest BCUT2D eigenvalue weighted by atomic mass is 16.5. The van der Waals surface area contributed by atoms with Crippen LogP contribution in [0.15, 0.2) is 24.4 Å². The molecular weight excluding hydrogens is 250 g/mol. The number of nitrogens with one attached hydrogen (secondary N) is 1. The first-order valence-electron chi connectivity index (χ1n) is 7.04. The summed E-state index contributed by atoms with van der Waals surface area (Å²) in [4.78, 5) is 0. The van der Waals surface area contributed by atoms with Gasteiger partial charge < -0.3 is 14.8 Å². The van der Waals surface area contributed by atoms with Crippen molar-refractivity contribution >= 4 is 5.69 Å². The molecule has 1 atom stereocenters. The fraction of sp³-hybridized carbons (Fsp3) is 0.529. The number of hydrogen-bond acceptors (Lipinski definition) is 3. The third-order valence-electron chi connectivity index (χ3n) is 4.74. The quantitative estimate of drug-likeness (QED) is 0.883. The van der Waals surface area contributed by atoms with Gasteiger partial charge in [-0.1, -0.05) is 34.3 Å². The molecule has 2 rings (SSSR count). The van der Waals surface area contributed by atoms with Crippen molar-refractivity contribution in [2.75, 3.05) is 19.5 Å². The lowest BCUT2D eigenvalue weighted by molar-refractivity contribution is 0.217. The largest absolute Gasteiger partial charge is 0.497 e. The van der Waals surface area contributed by atoms with Crippen molar-refractivity contribution < 1.29 is 9.47 Å². The summed E-state index contributed by atoms with van der Waals surface area (Å²) < 4.78 is 10.9. The van der Waals surface area contributed by atoms with Crippen LogP contribution in [0.4, 0.5) is 5.69 Å². The molecule has 110 valence electrons. The standard InChI is InChI=1S/C17H25NO2/c1-10(2)17(4,5)15-11(3)18-16-13(15)8-12(19-6)9-14(16)20-7/h8-10,15,18H,3H2,1-2,4-7H3. The van der Waals surface area contributed by atoms with E-state index in [9.17, 15) is 0 Å². The third kappa shape index (κ3) is 2.15. The van der Waals surface area contributed by atoms with E-state index in [1.165, 1.54) is 5.56 Å². The van der Waals surface area contributed by atoms with Crippen LogP contribution < -0.4 is 14.8 Å². The average molecular weight is 275 g/mol. The van der Waals surface area contributed by atoms with Crippen LogP contribution >= 0.6 is 0 Å². The SMILES string of the molecule is C=C1Nc2c(OC)cc(OC)cc2C1C(C)(C)C(C)C. The van der Waals surface area contributed by atoms with E-state index >= 15 is 0 Å². The van der Waals surface area contributed by atoms with Gasteiger partial charge in [0.05, 0.1) is 19.9 Å². The summed E-state index contributed by atoms with van der Waals surface area (Å²) in [6.45, 7) is 13.3. The van der Waals surface area contributed by atoms with E-state index in [4.69, 9.17) is 9.47 Å². The lowest BCUT2D eigenvalue weighted by Gasteiger charge is -2.36. The molecule has 0 spiro atoms. The topological polar surface area (TPSA) is 30.5 Å². The van der Waals surface area contributed by atoms with Crippen molar-refractivity contribution in [2.45, 2.75) is 33.6 Å². The fourth-order valence-electron chi connectivity index (χ4n) is 2.85. The highest BCUT2D eigenvalue weighted by Gasteiger charge is 2.41. The summed E-state index contributed by atoms with van der Waals surface area (Å²) in [5.74, 6) is 2.42. The summed E-state index contributed by atoms with van der Waals surface area (Å²) in [6, 6.07) is 4.00. The Bertz CT molecular complexity index is 532. The lowest BCUT2D eigenvalue weighted by atomic mass is 9.68. The number of anilines is 1. The van der Waals surface area contributed by atoms with E-state index in [1.807, 2.05) is 6.07 Å². The minimum Gasteiger partial charge on any atom is -0.497 e. The first-order valence-corrected chi connectivity index (χ1v) is 7.04. The Morgan fingerprint density at radius 2 is 1.85 bits per heavy atom.